The minimum atomic E-state index is -0.176. The molecule has 3 nitrogen and oxygen atoms in total. The summed E-state index contributed by atoms with van der Waals surface area (Å²) >= 11 is 0. The molecule has 1 saturated heterocycles. The smallest absolute Gasteiger partial charge is 0.130 e. The summed E-state index contributed by atoms with van der Waals surface area (Å²) in [7, 11) is 0. The maximum absolute atomic E-state index is 6.38. The first kappa shape index (κ1) is 15.1. The molecule has 0 amide bonds. The number of pyridine rings is 1. The molecule has 22 heavy (non-hydrogen) atoms. The number of aromatic nitrogens is 1. The number of nitrogens with one attached hydrogen (secondary N) is 1. The second kappa shape index (κ2) is 6.11. The number of hydrogen-bond acceptors (Lipinski definition) is 3. The Morgan fingerprint density at radius 1 is 1.05 bits per heavy atom. The van der Waals surface area contributed by atoms with Gasteiger partial charge in [-0.3, -0.25) is 4.98 Å². The number of ether oxygens (including phenoxy) is 1. The summed E-state index contributed by atoms with van der Waals surface area (Å²) in [5.74, 6) is 0.987. The third-order valence-electron chi connectivity index (χ3n) is 4.32. The summed E-state index contributed by atoms with van der Waals surface area (Å²) in [6.45, 7) is 2.00. The number of benzene rings is 1. The summed E-state index contributed by atoms with van der Waals surface area (Å²) in [6.07, 6.45) is 8.07. The highest BCUT2D eigenvalue weighted by atomic mass is 35.5. The quantitative estimate of drug-likeness (QED) is 0.875. The van der Waals surface area contributed by atoms with Crippen LogP contribution in [-0.4, -0.2) is 23.7 Å². The average molecular weight is 315 g/mol. The molecule has 0 unspecified atom stereocenters. The molecule has 2 aliphatic heterocycles. The zero-order valence-corrected chi connectivity index (χ0v) is 13.1. The van der Waals surface area contributed by atoms with Gasteiger partial charge in [0.25, 0.3) is 0 Å². The van der Waals surface area contributed by atoms with Crippen LogP contribution in [0, 0.1) is 0 Å². The molecule has 1 spiro atoms. The molecular formula is C18H19ClN2O. The first-order chi connectivity index (χ1) is 10.4. The number of hydrogen-bond donors (Lipinski definition) is 1. The Kier molecular flexibility index (Phi) is 4.19. The SMILES string of the molecule is C1=C(c2cccnc2)c2ccccc2OC12CCNCC2.Cl. The third kappa shape index (κ3) is 2.62. The van der Waals surface area contributed by atoms with E-state index in [0.29, 0.717) is 0 Å². The predicted molar refractivity (Wildman–Crippen MR) is 90.5 cm³/mol. The number of piperidine rings is 1. The van der Waals surface area contributed by atoms with E-state index in [9.17, 15) is 0 Å². The van der Waals surface area contributed by atoms with Crippen molar-refractivity contribution in [2.24, 2.45) is 0 Å². The fourth-order valence-electron chi connectivity index (χ4n) is 3.22. The first-order valence-electron chi connectivity index (χ1n) is 7.49. The Bertz CT molecular complexity index is 678. The van der Waals surface area contributed by atoms with Gasteiger partial charge in [-0.2, -0.15) is 0 Å². The molecule has 3 heterocycles. The van der Waals surface area contributed by atoms with E-state index in [4.69, 9.17) is 4.74 Å². The lowest BCUT2D eigenvalue weighted by Crippen LogP contribution is -2.46. The van der Waals surface area contributed by atoms with Crippen molar-refractivity contribution in [2.45, 2.75) is 18.4 Å². The van der Waals surface area contributed by atoms with Crippen LogP contribution in [0.5, 0.6) is 5.75 Å². The van der Waals surface area contributed by atoms with Crippen LogP contribution < -0.4 is 10.1 Å². The molecule has 1 fully saturated rings. The number of rotatable bonds is 1. The van der Waals surface area contributed by atoms with Crippen molar-refractivity contribution < 1.29 is 4.74 Å². The van der Waals surface area contributed by atoms with E-state index < -0.39 is 0 Å². The lowest BCUT2D eigenvalue weighted by atomic mass is 9.84. The van der Waals surface area contributed by atoms with E-state index in [-0.39, 0.29) is 18.0 Å². The number of nitrogens with zero attached hydrogens (tertiary/aromatic N) is 1. The first-order valence-corrected chi connectivity index (χ1v) is 7.49. The Labute approximate surface area is 136 Å². The van der Waals surface area contributed by atoms with Gasteiger partial charge < -0.3 is 10.1 Å². The molecule has 0 bridgehead atoms. The van der Waals surface area contributed by atoms with Crippen LogP contribution in [0.1, 0.15) is 24.0 Å². The summed E-state index contributed by atoms with van der Waals surface area (Å²) in [5.41, 5.74) is 3.39. The molecule has 0 aliphatic carbocycles. The van der Waals surface area contributed by atoms with E-state index >= 15 is 0 Å². The van der Waals surface area contributed by atoms with Gasteiger partial charge in [0.2, 0.25) is 0 Å². The van der Waals surface area contributed by atoms with Crippen LogP contribution in [0.25, 0.3) is 5.57 Å². The number of halogens is 1. The topological polar surface area (TPSA) is 34.1 Å². The van der Waals surface area contributed by atoms with Crippen LogP contribution in [-0.2, 0) is 0 Å². The summed E-state index contributed by atoms with van der Waals surface area (Å²) in [5, 5.41) is 3.41. The highest BCUT2D eigenvalue weighted by molar-refractivity contribution is 5.85. The van der Waals surface area contributed by atoms with Crippen LogP contribution in [0.3, 0.4) is 0 Å². The van der Waals surface area contributed by atoms with Crippen LogP contribution in [0.4, 0.5) is 0 Å². The normalized spacial score (nSPS) is 18.6. The van der Waals surface area contributed by atoms with Crippen molar-refractivity contribution in [1.82, 2.24) is 10.3 Å². The molecule has 1 aromatic carbocycles. The van der Waals surface area contributed by atoms with Gasteiger partial charge in [-0.1, -0.05) is 24.3 Å². The van der Waals surface area contributed by atoms with Crippen LogP contribution in [0.15, 0.2) is 54.9 Å². The Balaban J connectivity index is 0.00000144. The highest BCUT2D eigenvalue weighted by Gasteiger charge is 2.36. The molecule has 0 radical (unpaired) electrons. The van der Waals surface area contributed by atoms with Crippen molar-refractivity contribution in [3.05, 3.63) is 66.0 Å². The molecule has 0 atom stereocenters. The van der Waals surface area contributed by atoms with Gasteiger partial charge in [0.1, 0.15) is 11.4 Å². The van der Waals surface area contributed by atoms with Gasteiger partial charge in [-0.15, -0.1) is 12.4 Å². The summed E-state index contributed by atoms with van der Waals surface area (Å²) < 4.78 is 6.38. The monoisotopic (exact) mass is 314 g/mol. The maximum atomic E-state index is 6.38. The fourth-order valence-corrected chi connectivity index (χ4v) is 3.22. The van der Waals surface area contributed by atoms with E-state index in [1.165, 1.54) is 5.57 Å². The lowest BCUT2D eigenvalue weighted by Gasteiger charge is -2.40. The molecule has 4 rings (SSSR count). The minimum absolute atomic E-state index is 0. The van der Waals surface area contributed by atoms with Crippen molar-refractivity contribution in [1.29, 1.82) is 0 Å². The van der Waals surface area contributed by atoms with Gasteiger partial charge >= 0.3 is 0 Å². The molecule has 2 aliphatic rings. The summed E-state index contributed by atoms with van der Waals surface area (Å²) in [6, 6.07) is 12.4. The zero-order chi connectivity index (χ0) is 14.1. The van der Waals surface area contributed by atoms with Crippen LogP contribution >= 0.6 is 12.4 Å². The van der Waals surface area contributed by atoms with Gasteiger partial charge in [-0.25, -0.2) is 0 Å². The van der Waals surface area contributed by atoms with Crippen molar-refractivity contribution >= 4 is 18.0 Å². The Hall–Kier alpha value is -1.84. The predicted octanol–water partition coefficient (Wildman–Crippen LogP) is 3.45. The molecule has 2 aromatic rings. The Morgan fingerprint density at radius 2 is 1.86 bits per heavy atom. The van der Waals surface area contributed by atoms with Crippen molar-refractivity contribution in [3.8, 4) is 5.75 Å². The Morgan fingerprint density at radius 3 is 2.64 bits per heavy atom. The zero-order valence-electron chi connectivity index (χ0n) is 12.3. The fraction of sp³-hybridized carbons (Fsp3) is 0.278. The van der Waals surface area contributed by atoms with Crippen LogP contribution in [0.2, 0.25) is 0 Å². The van der Waals surface area contributed by atoms with Gasteiger partial charge in [0, 0.05) is 36.4 Å². The largest absolute Gasteiger partial charge is 0.482 e. The van der Waals surface area contributed by atoms with Crippen molar-refractivity contribution in [3.63, 3.8) is 0 Å². The second-order valence-corrected chi connectivity index (χ2v) is 5.71. The van der Waals surface area contributed by atoms with E-state index in [0.717, 1.165) is 42.8 Å². The average Bonchev–Trinajstić information content (AvgIpc) is 2.56. The molecule has 1 aromatic heterocycles. The summed E-state index contributed by atoms with van der Waals surface area (Å²) in [4.78, 5) is 4.27. The van der Waals surface area contributed by atoms with E-state index in [2.05, 4.69) is 40.6 Å². The molecule has 114 valence electrons. The molecular weight excluding hydrogens is 296 g/mol. The molecule has 1 N–H and O–H groups in total. The standard InChI is InChI=1S/C18H18N2O.ClH/c1-2-6-17-15(5-1)16(14-4-3-9-20-13-14)12-18(21-17)7-10-19-11-8-18;/h1-6,9,12-13,19H,7-8,10-11H2;1H. The number of para-hydroxylation sites is 1. The minimum Gasteiger partial charge on any atom is -0.482 e. The molecule has 4 heteroatoms. The van der Waals surface area contributed by atoms with Gasteiger partial charge in [0.05, 0.1) is 0 Å². The second-order valence-electron chi connectivity index (χ2n) is 5.71. The third-order valence-corrected chi connectivity index (χ3v) is 4.32. The number of fused-ring (bicyclic) bond motifs is 1. The van der Waals surface area contributed by atoms with E-state index in [1.807, 2.05) is 24.5 Å². The molecule has 0 saturated carbocycles. The maximum Gasteiger partial charge on any atom is 0.130 e. The highest BCUT2D eigenvalue weighted by Crippen LogP contribution is 2.42. The van der Waals surface area contributed by atoms with Gasteiger partial charge in [0.15, 0.2) is 0 Å². The van der Waals surface area contributed by atoms with E-state index in [1.54, 1.807) is 0 Å². The van der Waals surface area contributed by atoms with Gasteiger partial charge in [-0.05, 0) is 36.9 Å². The lowest BCUT2D eigenvalue weighted by molar-refractivity contribution is 0.0817. The van der Waals surface area contributed by atoms with Crippen molar-refractivity contribution in [2.75, 3.05) is 13.1 Å².